The molecular weight excluding hydrogens is 256 g/mol. The zero-order valence-electron chi connectivity index (χ0n) is 11.7. The summed E-state index contributed by atoms with van der Waals surface area (Å²) in [6.07, 6.45) is 0. The molecule has 4 heteroatoms. The highest BCUT2D eigenvalue weighted by atomic mass is 28.1. The maximum Gasteiger partial charge on any atom is 0.203 e. The minimum atomic E-state index is 0.663. The van der Waals surface area contributed by atoms with Crippen LogP contribution in [0, 0.1) is 0 Å². The van der Waals surface area contributed by atoms with Gasteiger partial charge in [0.2, 0.25) is 5.75 Å². The molecule has 0 heterocycles. The van der Waals surface area contributed by atoms with E-state index in [1.807, 2.05) is 18.2 Å². The summed E-state index contributed by atoms with van der Waals surface area (Å²) in [6, 6.07) is 12.3. The molecule has 2 aromatic carbocycles. The number of methoxy groups -OCH3 is 3. The van der Waals surface area contributed by atoms with Gasteiger partial charge in [-0.1, -0.05) is 30.3 Å². The summed E-state index contributed by atoms with van der Waals surface area (Å²) in [4.78, 5) is 0. The van der Waals surface area contributed by atoms with Crippen LogP contribution in [0.5, 0.6) is 17.2 Å². The largest absolute Gasteiger partial charge is 0.493 e. The van der Waals surface area contributed by atoms with Crippen LogP contribution >= 0.6 is 0 Å². The summed E-state index contributed by atoms with van der Waals surface area (Å²) in [5.41, 5.74) is 2.14. The van der Waals surface area contributed by atoms with Gasteiger partial charge in [0.25, 0.3) is 0 Å². The SMILES string of the molecule is COc1c([SiH3])cc(-c2ccccc2)c(OC)c1OC. The van der Waals surface area contributed by atoms with Crippen LogP contribution in [-0.4, -0.2) is 31.6 Å². The van der Waals surface area contributed by atoms with Crippen LogP contribution in [0.25, 0.3) is 11.1 Å². The van der Waals surface area contributed by atoms with Crippen molar-refractivity contribution in [3.63, 3.8) is 0 Å². The third-order valence-corrected chi connectivity index (χ3v) is 3.82. The Labute approximate surface area is 116 Å². The minimum absolute atomic E-state index is 0.663. The minimum Gasteiger partial charge on any atom is -0.493 e. The highest BCUT2D eigenvalue weighted by Crippen LogP contribution is 2.42. The number of ether oxygens (including phenoxy) is 3. The third-order valence-electron chi connectivity index (χ3n) is 3.07. The fourth-order valence-corrected chi connectivity index (χ4v) is 2.95. The van der Waals surface area contributed by atoms with Crippen LogP contribution in [0.3, 0.4) is 0 Å². The smallest absolute Gasteiger partial charge is 0.203 e. The maximum atomic E-state index is 5.53. The van der Waals surface area contributed by atoms with Crippen molar-refractivity contribution in [1.82, 2.24) is 0 Å². The summed E-state index contributed by atoms with van der Waals surface area (Å²) < 4.78 is 16.4. The molecule has 0 amide bonds. The lowest BCUT2D eigenvalue weighted by molar-refractivity contribution is 0.327. The second-order valence-corrected chi connectivity index (χ2v) is 5.28. The lowest BCUT2D eigenvalue weighted by atomic mass is 10.0. The molecule has 0 saturated carbocycles. The third kappa shape index (κ3) is 2.44. The molecule has 0 N–H and O–H groups in total. The fourth-order valence-electron chi connectivity index (χ4n) is 2.23. The topological polar surface area (TPSA) is 27.7 Å². The van der Waals surface area contributed by atoms with Crippen LogP contribution in [0.4, 0.5) is 0 Å². The van der Waals surface area contributed by atoms with Crippen LogP contribution in [0.2, 0.25) is 0 Å². The van der Waals surface area contributed by atoms with E-state index in [9.17, 15) is 0 Å². The van der Waals surface area contributed by atoms with Crippen LogP contribution < -0.4 is 19.4 Å². The number of rotatable bonds is 4. The number of benzene rings is 2. The average Bonchev–Trinajstić information content (AvgIpc) is 2.46. The van der Waals surface area contributed by atoms with E-state index in [4.69, 9.17) is 14.2 Å². The summed E-state index contributed by atoms with van der Waals surface area (Å²) in [6.45, 7) is 0. The van der Waals surface area contributed by atoms with Gasteiger partial charge in [-0.05, 0) is 16.8 Å². The fraction of sp³-hybridized carbons (Fsp3) is 0.200. The molecule has 3 nitrogen and oxygen atoms in total. The molecule has 0 radical (unpaired) electrons. The predicted molar refractivity (Wildman–Crippen MR) is 81.1 cm³/mol. The van der Waals surface area contributed by atoms with E-state index >= 15 is 0 Å². The second kappa shape index (κ2) is 5.80. The van der Waals surface area contributed by atoms with Crippen molar-refractivity contribution in [1.29, 1.82) is 0 Å². The summed E-state index contributed by atoms with van der Waals surface area (Å²) in [7, 11) is 5.82. The number of hydrogen-bond acceptors (Lipinski definition) is 3. The van der Waals surface area contributed by atoms with Crippen LogP contribution in [-0.2, 0) is 0 Å². The molecule has 0 bridgehead atoms. The van der Waals surface area contributed by atoms with E-state index in [-0.39, 0.29) is 0 Å². The van der Waals surface area contributed by atoms with Crippen molar-refractivity contribution in [2.75, 3.05) is 21.3 Å². The Morgan fingerprint density at radius 1 is 0.789 bits per heavy atom. The average molecular weight is 274 g/mol. The lowest BCUT2D eigenvalue weighted by Crippen LogP contribution is -2.11. The van der Waals surface area contributed by atoms with Gasteiger partial charge >= 0.3 is 0 Å². The molecule has 0 aromatic heterocycles. The normalized spacial score (nSPS) is 10.3. The molecule has 0 spiro atoms. The monoisotopic (exact) mass is 274 g/mol. The first kappa shape index (κ1) is 13.5. The van der Waals surface area contributed by atoms with E-state index in [0.29, 0.717) is 11.5 Å². The summed E-state index contributed by atoms with van der Waals surface area (Å²) in [5.74, 6) is 2.15. The Kier molecular flexibility index (Phi) is 4.12. The molecule has 19 heavy (non-hydrogen) atoms. The molecule has 0 atom stereocenters. The first-order valence-electron chi connectivity index (χ1n) is 6.08. The molecule has 2 aromatic rings. The van der Waals surface area contributed by atoms with Crippen molar-refractivity contribution in [2.24, 2.45) is 0 Å². The van der Waals surface area contributed by atoms with E-state index in [1.54, 1.807) is 21.3 Å². The molecule has 0 aliphatic rings. The molecule has 0 aliphatic carbocycles. The van der Waals surface area contributed by atoms with Crippen LogP contribution in [0.15, 0.2) is 36.4 Å². The van der Waals surface area contributed by atoms with E-state index in [1.165, 1.54) is 0 Å². The highest BCUT2D eigenvalue weighted by molar-refractivity contribution is 6.35. The Bertz CT molecular complexity index is 567. The Balaban J connectivity index is 2.72. The van der Waals surface area contributed by atoms with Crippen molar-refractivity contribution in [3.8, 4) is 28.4 Å². The van der Waals surface area contributed by atoms with Gasteiger partial charge in [0.1, 0.15) is 0 Å². The van der Waals surface area contributed by atoms with Crippen molar-refractivity contribution in [2.45, 2.75) is 0 Å². The van der Waals surface area contributed by atoms with Gasteiger partial charge in [-0.25, -0.2) is 0 Å². The van der Waals surface area contributed by atoms with Crippen molar-refractivity contribution < 1.29 is 14.2 Å². The molecule has 2 rings (SSSR count). The first-order valence-corrected chi connectivity index (χ1v) is 7.08. The van der Waals surface area contributed by atoms with Gasteiger partial charge in [0.15, 0.2) is 11.5 Å². The molecule has 100 valence electrons. The molecule has 0 fully saturated rings. The van der Waals surface area contributed by atoms with Gasteiger partial charge in [0, 0.05) is 15.8 Å². The van der Waals surface area contributed by atoms with Crippen LogP contribution in [0.1, 0.15) is 0 Å². The van der Waals surface area contributed by atoms with E-state index < -0.39 is 0 Å². The van der Waals surface area contributed by atoms with Gasteiger partial charge < -0.3 is 14.2 Å². The Morgan fingerprint density at radius 3 is 1.89 bits per heavy atom. The molecule has 0 aliphatic heterocycles. The standard InChI is InChI=1S/C15H18O3Si/c1-16-13-11(10-7-5-4-6-8-10)9-12(19)14(17-2)15(13)18-3/h4-9H,1-3,19H3. The first-order chi connectivity index (χ1) is 9.22. The second-order valence-electron chi connectivity index (χ2n) is 4.21. The predicted octanol–water partition coefficient (Wildman–Crippen LogP) is 1.37. The summed E-state index contributed by atoms with van der Waals surface area (Å²) in [5, 5.41) is 1.15. The van der Waals surface area contributed by atoms with Crippen molar-refractivity contribution in [3.05, 3.63) is 36.4 Å². The lowest BCUT2D eigenvalue weighted by Gasteiger charge is -2.18. The zero-order chi connectivity index (χ0) is 13.8. The number of hydrogen-bond donors (Lipinski definition) is 0. The molecule has 0 saturated heterocycles. The molecule has 0 unspecified atom stereocenters. The summed E-state index contributed by atoms with van der Waals surface area (Å²) >= 11 is 0. The quantitative estimate of drug-likeness (QED) is 0.788. The van der Waals surface area contributed by atoms with E-state index in [0.717, 1.165) is 32.3 Å². The van der Waals surface area contributed by atoms with E-state index in [2.05, 4.69) is 18.2 Å². The van der Waals surface area contributed by atoms with Gasteiger partial charge in [0.05, 0.1) is 21.3 Å². The zero-order valence-corrected chi connectivity index (χ0v) is 13.7. The Hall–Kier alpha value is -1.94. The highest BCUT2D eigenvalue weighted by Gasteiger charge is 2.19. The maximum absolute atomic E-state index is 5.53. The van der Waals surface area contributed by atoms with Gasteiger partial charge in [-0.2, -0.15) is 0 Å². The van der Waals surface area contributed by atoms with Gasteiger partial charge in [-0.3, -0.25) is 0 Å². The molecular formula is C15H18O3Si. The Morgan fingerprint density at radius 2 is 1.37 bits per heavy atom. The van der Waals surface area contributed by atoms with Gasteiger partial charge in [-0.15, -0.1) is 0 Å². The van der Waals surface area contributed by atoms with Crippen molar-refractivity contribution >= 4 is 15.4 Å².